The van der Waals surface area contributed by atoms with Gasteiger partial charge in [-0.25, -0.2) is 5.10 Å². The van der Waals surface area contributed by atoms with Gasteiger partial charge in [0.05, 0.1) is 6.04 Å². The Morgan fingerprint density at radius 1 is 1.42 bits per heavy atom. The van der Waals surface area contributed by atoms with Crippen LogP contribution >= 0.6 is 11.6 Å². The summed E-state index contributed by atoms with van der Waals surface area (Å²) in [6.07, 6.45) is 3.25. The van der Waals surface area contributed by atoms with E-state index in [0.29, 0.717) is 5.82 Å². The minimum Gasteiger partial charge on any atom is -0.334 e. The molecule has 8 heteroatoms. The van der Waals surface area contributed by atoms with Gasteiger partial charge >= 0.3 is 0 Å². The summed E-state index contributed by atoms with van der Waals surface area (Å²) in [4.78, 5) is 15.9. The molecule has 0 amide bonds. The highest BCUT2D eigenvalue weighted by molar-refractivity contribution is 6.29. The van der Waals surface area contributed by atoms with E-state index in [4.69, 9.17) is 16.1 Å². The van der Waals surface area contributed by atoms with Crippen LogP contribution in [0.4, 0.5) is 0 Å². The van der Waals surface area contributed by atoms with Crippen LogP contribution in [0.25, 0.3) is 11.5 Å². The predicted octanol–water partition coefficient (Wildman–Crippen LogP) is 1.29. The molecule has 0 saturated carbocycles. The molecule has 1 fully saturated rings. The lowest BCUT2D eigenvalue weighted by atomic mass is 10.0. The molecular weight excluding hydrogens is 270 g/mol. The van der Waals surface area contributed by atoms with Gasteiger partial charge in [-0.1, -0.05) is 23.2 Å². The maximum atomic E-state index is 11.6. The second kappa shape index (κ2) is 5.10. The molecule has 2 N–H and O–H groups in total. The third-order valence-corrected chi connectivity index (χ3v) is 3.26. The summed E-state index contributed by atoms with van der Waals surface area (Å²) < 4.78 is 5.13. The zero-order valence-corrected chi connectivity index (χ0v) is 10.8. The number of hydrogen-bond acceptors (Lipinski definition) is 6. The van der Waals surface area contributed by atoms with Crippen molar-refractivity contribution >= 4 is 11.6 Å². The first-order valence-electron chi connectivity index (χ1n) is 6.06. The minimum atomic E-state index is -0.406. The van der Waals surface area contributed by atoms with Gasteiger partial charge in [0.2, 0.25) is 0 Å². The van der Waals surface area contributed by atoms with Gasteiger partial charge in [0.15, 0.2) is 5.82 Å². The molecule has 0 aliphatic carbocycles. The van der Waals surface area contributed by atoms with Gasteiger partial charge in [-0.15, -0.1) is 0 Å². The van der Waals surface area contributed by atoms with Crippen molar-refractivity contribution in [1.29, 1.82) is 0 Å². The number of hydrogen-bond donors (Lipinski definition) is 2. The third-order valence-electron chi connectivity index (χ3n) is 3.07. The fourth-order valence-corrected chi connectivity index (χ4v) is 2.25. The number of piperidine rings is 1. The van der Waals surface area contributed by atoms with E-state index in [1.807, 2.05) is 0 Å². The third kappa shape index (κ3) is 2.52. The van der Waals surface area contributed by atoms with Crippen LogP contribution in [0.1, 0.15) is 31.1 Å². The second-order valence-corrected chi connectivity index (χ2v) is 4.78. The molecule has 100 valence electrons. The normalized spacial score (nSPS) is 19.5. The molecule has 3 heterocycles. The van der Waals surface area contributed by atoms with Gasteiger partial charge < -0.3 is 9.84 Å². The van der Waals surface area contributed by atoms with Crippen molar-refractivity contribution in [1.82, 2.24) is 25.7 Å². The molecule has 0 spiro atoms. The number of aromatic nitrogens is 4. The molecule has 0 bridgehead atoms. The monoisotopic (exact) mass is 281 g/mol. The molecule has 3 rings (SSSR count). The van der Waals surface area contributed by atoms with Crippen LogP contribution in [0.5, 0.6) is 0 Å². The summed E-state index contributed by atoms with van der Waals surface area (Å²) in [6, 6.07) is 1.49. The first-order valence-corrected chi connectivity index (χ1v) is 6.44. The van der Waals surface area contributed by atoms with E-state index in [0.717, 1.165) is 25.8 Å². The molecule has 1 unspecified atom stereocenters. The van der Waals surface area contributed by atoms with Crippen LogP contribution in [0.2, 0.25) is 5.15 Å². The maximum Gasteiger partial charge on any atom is 0.277 e. The maximum absolute atomic E-state index is 11.6. The highest BCUT2D eigenvalue weighted by Crippen LogP contribution is 2.23. The van der Waals surface area contributed by atoms with Gasteiger partial charge in [0.25, 0.3) is 11.4 Å². The predicted molar refractivity (Wildman–Crippen MR) is 67.8 cm³/mol. The highest BCUT2D eigenvalue weighted by Gasteiger charge is 2.21. The van der Waals surface area contributed by atoms with E-state index in [1.165, 1.54) is 6.07 Å². The zero-order chi connectivity index (χ0) is 13.2. The van der Waals surface area contributed by atoms with Crippen LogP contribution < -0.4 is 10.9 Å². The molecule has 2 aromatic heterocycles. The quantitative estimate of drug-likeness (QED) is 0.861. The van der Waals surface area contributed by atoms with Crippen molar-refractivity contribution < 1.29 is 4.52 Å². The van der Waals surface area contributed by atoms with Crippen LogP contribution in [-0.2, 0) is 0 Å². The molecule has 0 aromatic carbocycles. The summed E-state index contributed by atoms with van der Waals surface area (Å²) in [6.45, 7) is 0.941. The van der Waals surface area contributed by atoms with Crippen molar-refractivity contribution in [3.05, 3.63) is 27.4 Å². The van der Waals surface area contributed by atoms with E-state index < -0.39 is 5.56 Å². The smallest absolute Gasteiger partial charge is 0.277 e. The molecule has 1 saturated heterocycles. The van der Waals surface area contributed by atoms with Crippen LogP contribution in [-0.4, -0.2) is 26.9 Å². The average Bonchev–Trinajstić information content (AvgIpc) is 2.92. The highest BCUT2D eigenvalue weighted by atomic mass is 35.5. The van der Waals surface area contributed by atoms with Gasteiger partial charge in [-0.2, -0.15) is 10.1 Å². The standard InChI is InChI=1S/C11H12ClN5O2/c12-8-5-6(10(18)16-15-8)11-14-9(17-19-11)7-3-1-2-4-13-7/h5,7,13H,1-4H2,(H,16,18). The van der Waals surface area contributed by atoms with E-state index in [2.05, 4.69) is 25.7 Å². The number of H-pyrrole nitrogens is 1. The van der Waals surface area contributed by atoms with Crippen molar-refractivity contribution in [3.8, 4) is 11.5 Å². The van der Waals surface area contributed by atoms with E-state index >= 15 is 0 Å². The Balaban J connectivity index is 1.92. The lowest BCUT2D eigenvalue weighted by molar-refractivity contribution is 0.367. The number of aromatic amines is 1. The van der Waals surface area contributed by atoms with E-state index in [9.17, 15) is 4.79 Å². The van der Waals surface area contributed by atoms with Crippen molar-refractivity contribution in [2.75, 3.05) is 6.54 Å². The van der Waals surface area contributed by atoms with Crippen molar-refractivity contribution in [2.24, 2.45) is 0 Å². The Morgan fingerprint density at radius 3 is 3.11 bits per heavy atom. The Labute approximate surface area is 113 Å². The zero-order valence-electron chi connectivity index (χ0n) is 10.0. The summed E-state index contributed by atoms with van der Waals surface area (Å²) in [5.74, 6) is 0.731. The number of nitrogens with zero attached hydrogens (tertiary/aromatic N) is 3. The summed E-state index contributed by atoms with van der Waals surface area (Å²) in [7, 11) is 0. The lowest BCUT2D eigenvalue weighted by Crippen LogP contribution is -2.27. The molecule has 1 aliphatic rings. The Kier molecular flexibility index (Phi) is 3.31. The molecule has 0 radical (unpaired) electrons. The summed E-state index contributed by atoms with van der Waals surface area (Å²) in [5, 5.41) is 13.3. The SMILES string of the molecule is O=c1[nH]nc(Cl)cc1-c1nc(C2CCCCN2)no1. The second-order valence-electron chi connectivity index (χ2n) is 4.39. The molecule has 1 aliphatic heterocycles. The lowest BCUT2D eigenvalue weighted by Gasteiger charge is -2.19. The largest absolute Gasteiger partial charge is 0.334 e. The Morgan fingerprint density at radius 2 is 2.32 bits per heavy atom. The number of rotatable bonds is 2. The fourth-order valence-electron chi connectivity index (χ4n) is 2.10. The van der Waals surface area contributed by atoms with Crippen LogP contribution in [0.3, 0.4) is 0 Å². The first kappa shape index (κ1) is 12.3. The fraction of sp³-hybridized carbons (Fsp3) is 0.455. The van der Waals surface area contributed by atoms with Crippen LogP contribution in [0, 0.1) is 0 Å². The van der Waals surface area contributed by atoms with Gasteiger partial charge in [-0.3, -0.25) is 4.79 Å². The molecule has 1 atom stereocenters. The Hall–Kier alpha value is -1.73. The van der Waals surface area contributed by atoms with E-state index in [1.54, 1.807) is 0 Å². The van der Waals surface area contributed by atoms with Crippen molar-refractivity contribution in [2.45, 2.75) is 25.3 Å². The van der Waals surface area contributed by atoms with Crippen LogP contribution in [0.15, 0.2) is 15.4 Å². The van der Waals surface area contributed by atoms with Gasteiger partial charge in [0.1, 0.15) is 10.7 Å². The Bertz CT molecular complexity index is 632. The minimum absolute atomic E-state index is 0.0858. The topological polar surface area (TPSA) is 96.7 Å². The van der Waals surface area contributed by atoms with Gasteiger partial charge in [0, 0.05) is 0 Å². The van der Waals surface area contributed by atoms with E-state index in [-0.39, 0.29) is 22.6 Å². The number of nitrogens with one attached hydrogen (secondary N) is 2. The summed E-state index contributed by atoms with van der Waals surface area (Å²) in [5.41, 5.74) is -0.175. The first-order chi connectivity index (χ1) is 9.24. The molecule has 2 aromatic rings. The van der Waals surface area contributed by atoms with Gasteiger partial charge in [-0.05, 0) is 25.5 Å². The summed E-state index contributed by atoms with van der Waals surface area (Å²) >= 11 is 5.74. The average molecular weight is 282 g/mol. The molecule has 19 heavy (non-hydrogen) atoms. The van der Waals surface area contributed by atoms with Crippen molar-refractivity contribution in [3.63, 3.8) is 0 Å². The number of halogens is 1. The molecular formula is C11H12ClN5O2. The molecule has 7 nitrogen and oxygen atoms in total.